The topological polar surface area (TPSA) is 54.5 Å². The van der Waals surface area contributed by atoms with Gasteiger partial charge in [0.2, 0.25) is 0 Å². The van der Waals surface area contributed by atoms with Crippen LogP contribution in [0.5, 0.6) is 0 Å². The van der Waals surface area contributed by atoms with Gasteiger partial charge in [-0.15, -0.1) is 11.3 Å². The van der Waals surface area contributed by atoms with Crippen molar-refractivity contribution in [2.45, 2.75) is 38.8 Å². The molecule has 1 aromatic heterocycles. The van der Waals surface area contributed by atoms with E-state index in [1.165, 1.54) is 11.3 Å². The van der Waals surface area contributed by atoms with Gasteiger partial charge in [0.05, 0.1) is 12.1 Å². The van der Waals surface area contributed by atoms with Crippen LogP contribution in [0.15, 0.2) is 5.51 Å². The number of aromatic nitrogens is 1. The Labute approximate surface area is 118 Å². The minimum Gasteiger partial charge on any atom is -0.461 e. The molecule has 1 aliphatic heterocycles. The van der Waals surface area contributed by atoms with Crippen molar-refractivity contribution in [2.24, 2.45) is 0 Å². The molecule has 19 heavy (non-hydrogen) atoms. The number of hydrogen-bond acceptors (Lipinski definition) is 6. The average molecular weight is 283 g/mol. The van der Waals surface area contributed by atoms with Crippen LogP contribution in [-0.2, 0) is 4.74 Å². The summed E-state index contributed by atoms with van der Waals surface area (Å²) in [6, 6.07) is 0.963. The molecule has 1 saturated heterocycles. The lowest BCUT2D eigenvalue weighted by Gasteiger charge is -2.35. The van der Waals surface area contributed by atoms with Gasteiger partial charge in [-0.1, -0.05) is 0 Å². The quantitative estimate of drug-likeness (QED) is 0.859. The third-order valence-corrected chi connectivity index (χ3v) is 4.34. The van der Waals surface area contributed by atoms with Crippen molar-refractivity contribution < 1.29 is 9.53 Å². The van der Waals surface area contributed by atoms with Crippen LogP contribution < -0.4 is 5.32 Å². The summed E-state index contributed by atoms with van der Waals surface area (Å²) in [5.74, 6) is -0.341. The Bertz CT molecular complexity index is 435. The molecular weight excluding hydrogens is 262 g/mol. The number of piperidine rings is 1. The molecule has 5 nitrogen and oxygen atoms in total. The van der Waals surface area contributed by atoms with Crippen LogP contribution in [0.25, 0.3) is 0 Å². The molecule has 1 fully saturated rings. The second-order valence-corrected chi connectivity index (χ2v) is 5.80. The number of hydrogen-bond donors (Lipinski definition) is 1. The Kier molecular flexibility index (Phi) is 4.76. The van der Waals surface area contributed by atoms with E-state index in [1.807, 2.05) is 0 Å². The Morgan fingerprint density at radius 1 is 1.68 bits per heavy atom. The van der Waals surface area contributed by atoms with Crippen LogP contribution in [0.2, 0.25) is 0 Å². The number of ether oxygens (including phenoxy) is 1. The summed E-state index contributed by atoms with van der Waals surface area (Å²) in [6.07, 6.45) is 2.16. The number of carbonyl (C=O) groups excluding carboxylic acids is 1. The molecule has 1 N–H and O–H groups in total. The molecule has 1 aromatic rings. The van der Waals surface area contributed by atoms with E-state index in [0.717, 1.165) is 24.4 Å². The summed E-state index contributed by atoms with van der Waals surface area (Å²) in [5.41, 5.74) is 2.10. The van der Waals surface area contributed by atoms with Crippen LogP contribution in [0, 0.1) is 0 Å². The van der Waals surface area contributed by atoms with E-state index in [1.54, 1.807) is 12.4 Å². The highest BCUT2D eigenvalue weighted by atomic mass is 32.1. The average Bonchev–Trinajstić information content (AvgIpc) is 2.82. The fourth-order valence-corrected chi connectivity index (χ4v) is 3.05. The van der Waals surface area contributed by atoms with Gasteiger partial charge in [0.15, 0.2) is 5.69 Å². The Hall–Kier alpha value is -1.14. The van der Waals surface area contributed by atoms with Crippen molar-refractivity contribution in [3.63, 3.8) is 0 Å². The van der Waals surface area contributed by atoms with Gasteiger partial charge in [-0.2, -0.15) is 0 Å². The number of anilines is 1. The van der Waals surface area contributed by atoms with Gasteiger partial charge in [-0.25, -0.2) is 9.78 Å². The SMILES string of the molecule is CCOC(=O)c1ncsc1NC1CCN(C)C(C)C1. The van der Waals surface area contributed by atoms with Crippen molar-refractivity contribution >= 4 is 22.3 Å². The maximum absolute atomic E-state index is 11.8. The third-order valence-electron chi connectivity index (χ3n) is 3.58. The monoisotopic (exact) mass is 283 g/mol. The molecule has 6 heteroatoms. The standard InChI is InChI=1S/C13H21N3O2S/c1-4-18-13(17)11-12(19-8-14-11)15-10-5-6-16(3)9(2)7-10/h8-10,15H,4-7H2,1-3H3. The molecule has 106 valence electrons. The number of carbonyl (C=O) groups is 1. The van der Waals surface area contributed by atoms with Crippen LogP contribution in [0.1, 0.15) is 37.2 Å². The highest BCUT2D eigenvalue weighted by Gasteiger charge is 2.25. The van der Waals surface area contributed by atoms with Gasteiger partial charge in [-0.3, -0.25) is 0 Å². The molecule has 0 amide bonds. The molecule has 0 spiro atoms. The molecule has 0 bridgehead atoms. The van der Waals surface area contributed by atoms with E-state index in [2.05, 4.69) is 29.2 Å². The highest BCUT2D eigenvalue weighted by molar-refractivity contribution is 7.14. The van der Waals surface area contributed by atoms with Gasteiger partial charge < -0.3 is 15.0 Å². The largest absolute Gasteiger partial charge is 0.461 e. The number of esters is 1. The second-order valence-electron chi connectivity index (χ2n) is 4.95. The first-order valence-corrected chi connectivity index (χ1v) is 7.57. The molecular formula is C13H21N3O2S. The van der Waals surface area contributed by atoms with E-state index < -0.39 is 0 Å². The van der Waals surface area contributed by atoms with Crippen molar-refractivity contribution in [3.05, 3.63) is 11.2 Å². The minimum absolute atomic E-state index is 0.341. The van der Waals surface area contributed by atoms with Gasteiger partial charge >= 0.3 is 5.97 Å². The van der Waals surface area contributed by atoms with Crippen LogP contribution >= 0.6 is 11.3 Å². The number of nitrogens with one attached hydrogen (secondary N) is 1. The zero-order valence-corrected chi connectivity index (χ0v) is 12.5. The smallest absolute Gasteiger partial charge is 0.360 e. The minimum atomic E-state index is -0.341. The lowest BCUT2D eigenvalue weighted by molar-refractivity contribution is 0.0521. The Morgan fingerprint density at radius 2 is 2.47 bits per heavy atom. The second kappa shape index (κ2) is 6.34. The molecule has 2 atom stereocenters. The fraction of sp³-hybridized carbons (Fsp3) is 0.692. The van der Waals surface area contributed by atoms with Gasteiger partial charge in [0.25, 0.3) is 0 Å². The predicted molar refractivity (Wildman–Crippen MR) is 76.8 cm³/mol. The van der Waals surface area contributed by atoms with E-state index >= 15 is 0 Å². The van der Waals surface area contributed by atoms with Crippen molar-refractivity contribution in [2.75, 3.05) is 25.5 Å². The molecule has 2 heterocycles. The first kappa shape index (κ1) is 14.3. The van der Waals surface area contributed by atoms with E-state index in [4.69, 9.17) is 4.74 Å². The van der Waals surface area contributed by atoms with Crippen molar-refractivity contribution in [1.82, 2.24) is 9.88 Å². The molecule has 2 unspecified atom stereocenters. The van der Waals surface area contributed by atoms with Crippen LogP contribution in [0.4, 0.5) is 5.00 Å². The maximum atomic E-state index is 11.8. The van der Waals surface area contributed by atoms with Crippen molar-refractivity contribution in [1.29, 1.82) is 0 Å². The van der Waals surface area contributed by atoms with Gasteiger partial charge in [-0.05, 0) is 33.7 Å². The number of nitrogens with zero attached hydrogens (tertiary/aromatic N) is 2. The molecule has 2 rings (SSSR count). The van der Waals surface area contributed by atoms with Crippen LogP contribution in [0.3, 0.4) is 0 Å². The summed E-state index contributed by atoms with van der Waals surface area (Å²) in [5, 5.41) is 4.28. The molecule has 0 aliphatic carbocycles. The summed E-state index contributed by atoms with van der Waals surface area (Å²) in [6.45, 7) is 5.48. The summed E-state index contributed by atoms with van der Waals surface area (Å²) < 4.78 is 5.01. The zero-order chi connectivity index (χ0) is 13.8. The first-order valence-electron chi connectivity index (χ1n) is 6.69. The van der Waals surface area contributed by atoms with Crippen molar-refractivity contribution in [3.8, 4) is 0 Å². The maximum Gasteiger partial charge on any atom is 0.360 e. The first-order chi connectivity index (χ1) is 9.11. The van der Waals surface area contributed by atoms with E-state index in [-0.39, 0.29) is 5.97 Å². The zero-order valence-electron chi connectivity index (χ0n) is 11.7. The predicted octanol–water partition coefficient (Wildman–Crippen LogP) is 2.21. The Balaban J connectivity index is 2.00. The lowest BCUT2D eigenvalue weighted by atomic mass is 9.99. The van der Waals surface area contributed by atoms with Gasteiger partial charge in [0.1, 0.15) is 5.00 Å². The number of likely N-dealkylation sites (tertiary alicyclic amines) is 1. The molecule has 0 saturated carbocycles. The van der Waals surface area contributed by atoms with E-state index in [0.29, 0.717) is 24.4 Å². The summed E-state index contributed by atoms with van der Waals surface area (Å²) >= 11 is 1.46. The molecule has 1 aliphatic rings. The molecule has 0 aromatic carbocycles. The normalized spacial score (nSPS) is 24.2. The number of thiazole rings is 1. The van der Waals surface area contributed by atoms with Gasteiger partial charge in [0, 0.05) is 18.6 Å². The summed E-state index contributed by atoms with van der Waals surface area (Å²) in [4.78, 5) is 18.2. The van der Waals surface area contributed by atoms with Crippen LogP contribution in [-0.4, -0.2) is 48.1 Å². The lowest BCUT2D eigenvalue weighted by Crippen LogP contribution is -2.42. The summed E-state index contributed by atoms with van der Waals surface area (Å²) in [7, 11) is 2.15. The van der Waals surface area contributed by atoms with E-state index in [9.17, 15) is 4.79 Å². The molecule has 0 radical (unpaired) electrons. The number of rotatable bonds is 4. The highest BCUT2D eigenvalue weighted by Crippen LogP contribution is 2.26. The Morgan fingerprint density at radius 3 is 3.16 bits per heavy atom. The fourth-order valence-electron chi connectivity index (χ4n) is 2.30. The third kappa shape index (κ3) is 3.45.